The molecule has 0 aliphatic carbocycles. The fraction of sp³-hybridized carbons (Fsp3) is 0.125. The molecule has 0 aliphatic rings. The summed E-state index contributed by atoms with van der Waals surface area (Å²) in [6.45, 7) is 0.415. The van der Waals surface area contributed by atoms with Crippen LogP contribution in [-0.2, 0) is 0 Å². The molecule has 0 amide bonds. The molecule has 0 saturated carbocycles. The summed E-state index contributed by atoms with van der Waals surface area (Å²) >= 11 is 0. The van der Waals surface area contributed by atoms with Gasteiger partial charge in [0.25, 0.3) is 0 Å². The molecule has 0 saturated heterocycles. The van der Waals surface area contributed by atoms with Crippen LogP contribution in [0.5, 0.6) is 0 Å². The lowest BCUT2D eigenvalue weighted by Crippen LogP contribution is -1.77. The third kappa shape index (κ3) is 2.31. The molecule has 4 heteroatoms. The smallest absolute Gasteiger partial charge is 0.0477 e. The van der Waals surface area contributed by atoms with Crippen LogP contribution in [-0.4, -0.2) is 11.5 Å². The molecular formula is C16H12N4. The van der Waals surface area contributed by atoms with Gasteiger partial charge in [0, 0.05) is 45.2 Å². The second kappa shape index (κ2) is 5.40. The van der Waals surface area contributed by atoms with Gasteiger partial charge in [-0.15, -0.1) is 0 Å². The highest BCUT2D eigenvalue weighted by atomic mass is 15.1. The van der Waals surface area contributed by atoms with Crippen molar-refractivity contribution in [1.82, 2.24) is 4.98 Å². The van der Waals surface area contributed by atoms with Crippen molar-refractivity contribution in [3.8, 4) is 11.8 Å². The topological polar surface area (TPSA) is 64.6 Å². The molecule has 0 bridgehead atoms. The summed E-state index contributed by atoms with van der Waals surface area (Å²) in [5, 5.41) is 5.89. The van der Waals surface area contributed by atoms with Crippen LogP contribution in [0.3, 0.4) is 0 Å². The number of rotatable bonds is 2. The second-order valence-corrected chi connectivity index (χ2v) is 4.44. The summed E-state index contributed by atoms with van der Waals surface area (Å²) in [7, 11) is 0. The van der Waals surface area contributed by atoms with Crippen LogP contribution in [0.4, 0.5) is 0 Å². The highest BCUT2D eigenvalue weighted by Gasteiger charge is 2.02. The van der Waals surface area contributed by atoms with E-state index < -0.39 is 0 Å². The zero-order chi connectivity index (χ0) is 13.8. The Morgan fingerprint density at radius 2 is 1.95 bits per heavy atom. The van der Waals surface area contributed by atoms with E-state index in [2.05, 4.69) is 51.1 Å². The molecular weight excluding hydrogens is 248 g/mol. The second-order valence-electron chi connectivity index (χ2n) is 4.44. The predicted molar refractivity (Wildman–Crippen MR) is 81.3 cm³/mol. The minimum absolute atomic E-state index is 0.415. The molecule has 0 unspecified atom stereocenters. The Kier molecular flexibility index (Phi) is 3.28. The Labute approximate surface area is 116 Å². The third-order valence-corrected chi connectivity index (χ3v) is 3.14. The van der Waals surface area contributed by atoms with Gasteiger partial charge in [-0.1, -0.05) is 41.2 Å². The van der Waals surface area contributed by atoms with Gasteiger partial charge in [0.1, 0.15) is 0 Å². The standard InChI is InChI=1S/C16H12N4/c17-20-18-10-4-3-5-12-8-9-14-13-6-1-2-7-15(13)19-16(14)11-12/h1-2,6-9,11,19H,4,10H2. The Hall–Kier alpha value is -2.89. The number of fused-ring (bicyclic) bond motifs is 3. The average Bonchev–Trinajstić information content (AvgIpc) is 2.84. The molecule has 0 spiro atoms. The lowest BCUT2D eigenvalue weighted by Gasteiger charge is -1.92. The van der Waals surface area contributed by atoms with Crippen molar-refractivity contribution < 1.29 is 0 Å². The number of azide groups is 1. The number of hydrogen-bond donors (Lipinski definition) is 1. The normalized spacial score (nSPS) is 10.0. The average molecular weight is 260 g/mol. The van der Waals surface area contributed by atoms with Gasteiger partial charge >= 0.3 is 0 Å². The van der Waals surface area contributed by atoms with Crippen LogP contribution in [0.2, 0.25) is 0 Å². The van der Waals surface area contributed by atoms with Crippen LogP contribution in [0, 0.1) is 11.8 Å². The minimum atomic E-state index is 0.415. The van der Waals surface area contributed by atoms with Crippen LogP contribution in [0.15, 0.2) is 47.6 Å². The summed E-state index contributed by atoms with van der Waals surface area (Å²) in [5.74, 6) is 6.09. The highest BCUT2D eigenvalue weighted by Crippen LogP contribution is 2.25. The largest absolute Gasteiger partial charge is 0.354 e. The first-order valence-corrected chi connectivity index (χ1v) is 6.39. The van der Waals surface area contributed by atoms with Crippen molar-refractivity contribution in [3.05, 3.63) is 58.5 Å². The SMILES string of the molecule is [N-]=[N+]=NCCC#Cc1ccc2c(c1)[nH]c1ccccc12. The number of nitrogens with zero attached hydrogens (tertiary/aromatic N) is 3. The maximum atomic E-state index is 8.18. The van der Waals surface area contributed by atoms with Crippen molar-refractivity contribution in [1.29, 1.82) is 0 Å². The van der Waals surface area contributed by atoms with E-state index in [1.165, 1.54) is 10.8 Å². The van der Waals surface area contributed by atoms with Crippen LogP contribution in [0.1, 0.15) is 12.0 Å². The predicted octanol–water partition coefficient (Wildman–Crippen LogP) is 4.37. The Morgan fingerprint density at radius 3 is 2.85 bits per heavy atom. The molecule has 96 valence electrons. The lowest BCUT2D eigenvalue weighted by molar-refractivity contribution is 1.01. The number of para-hydroxylation sites is 1. The maximum Gasteiger partial charge on any atom is 0.0477 e. The van der Waals surface area contributed by atoms with Gasteiger partial charge in [-0.2, -0.15) is 0 Å². The maximum absolute atomic E-state index is 8.18. The summed E-state index contributed by atoms with van der Waals surface area (Å²) in [4.78, 5) is 6.09. The van der Waals surface area contributed by atoms with Gasteiger partial charge in [0.15, 0.2) is 0 Å². The number of nitrogens with one attached hydrogen (secondary N) is 1. The molecule has 0 fully saturated rings. The first-order chi connectivity index (χ1) is 9.88. The minimum Gasteiger partial charge on any atom is -0.354 e. The van der Waals surface area contributed by atoms with Gasteiger partial charge in [-0.3, -0.25) is 0 Å². The van der Waals surface area contributed by atoms with Crippen LogP contribution >= 0.6 is 0 Å². The first-order valence-electron chi connectivity index (χ1n) is 6.39. The van der Waals surface area contributed by atoms with Crippen molar-refractivity contribution in [2.75, 3.05) is 6.54 Å². The van der Waals surface area contributed by atoms with Crippen molar-refractivity contribution in [2.45, 2.75) is 6.42 Å². The number of aromatic amines is 1. The molecule has 1 heterocycles. The molecule has 3 rings (SSSR count). The van der Waals surface area contributed by atoms with Gasteiger partial charge in [-0.25, -0.2) is 0 Å². The van der Waals surface area contributed by atoms with E-state index in [1.807, 2.05) is 18.2 Å². The van der Waals surface area contributed by atoms with Crippen molar-refractivity contribution >= 4 is 21.8 Å². The van der Waals surface area contributed by atoms with Crippen LogP contribution < -0.4 is 0 Å². The molecule has 1 aromatic heterocycles. The molecule has 0 radical (unpaired) electrons. The van der Waals surface area contributed by atoms with Gasteiger partial charge in [-0.05, 0) is 23.7 Å². The molecule has 3 aromatic rings. The van der Waals surface area contributed by atoms with Crippen molar-refractivity contribution in [3.63, 3.8) is 0 Å². The van der Waals surface area contributed by atoms with E-state index in [1.54, 1.807) is 0 Å². The van der Waals surface area contributed by atoms with E-state index in [9.17, 15) is 0 Å². The fourth-order valence-corrected chi connectivity index (χ4v) is 2.25. The molecule has 1 N–H and O–H groups in total. The number of hydrogen-bond acceptors (Lipinski definition) is 1. The Balaban J connectivity index is 1.94. The van der Waals surface area contributed by atoms with E-state index in [-0.39, 0.29) is 0 Å². The molecule has 20 heavy (non-hydrogen) atoms. The Bertz CT molecular complexity index is 874. The summed E-state index contributed by atoms with van der Waals surface area (Å²) in [6, 6.07) is 14.4. The van der Waals surface area contributed by atoms with Gasteiger partial charge < -0.3 is 4.98 Å². The third-order valence-electron chi connectivity index (χ3n) is 3.14. The zero-order valence-electron chi connectivity index (χ0n) is 10.8. The van der Waals surface area contributed by atoms with E-state index in [4.69, 9.17) is 5.53 Å². The molecule has 4 nitrogen and oxygen atoms in total. The van der Waals surface area contributed by atoms with E-state index >= 15 is 0 Å². The summed E-state index contributed by atoms with van der Waals surface area (Å²) < 4.78 is 0. The van der Waals surface area contributed by atoms with Crippen LogP contribution in [0.25, 0.3) is 32.2 Å². The first kappa shape index (κ1) is 12.2. The van der Waals surface area contributed by atoms with E-state index in [0.717, 1.165) is 16.6 Å². The Morgan fingerprint density at radius 1 is 1.10 bits per heavy atom. The molecule has 0 atom stereocenters. The molecule has 2 aromatic carbocycles. The summed E-state index contributed by atoms with van der Waals surface area (Å²) in [6.07, 6.45) is 0.578. The van der Waals surface area contributed by atoms with Crippen molar-refractivity contribution in [2.24, 2.45) is 5.11 Å². The van der Waals surface area contributed by atoms with Gasteiger partial charge in [0.2, 0.25) is 0 Å². The van der Waals surface area contributed by atoms with Gasteiger partial charge in [0.05, 0.1) is 0 Å². The fourth-order valence-electron chi connectivity index (χ4n) is 2.25. The quantitative estimate of drug-likeness (QED) is 0.234. The lowest BCUT2D eigenvalue weighted by atomic mass is 10.1. The monoisotopic (exact) mass is 260 g/mol. The highest BCUT2D eigenvalue weighted by molar-refractivity contribution is 6.07. The number of aromatic nitrogens is 1. The zero-order valence-corrected chi connectivity index (χ0v) is 10.8. The number of benzene rings is 2. The van der Waals surface area contributed by atoms with E-state index in [0.29, 0.717) is 13.0 Å². The number of H-pyrrole nitrogens is 1. The summed E-state index contributed by atoms with van der Waals surface area (Å²) in [5.41, 5.74) is 11.4. The molecule has 0 aliphatic heterocycles.